The van der Waals surface area contributed by atoms with E-state index >= 15 is 0 Å². The van der Waals surface area contributed by atoms with Gasteiger partial charge in [0.1, 0.15) is 0 Å². The molecule has 0 aromatic heterocycles. The Labute approximate surface area is 89.5 Å². The first kappa shape index (κ1) is 9.78. The lowest BCUT2D eigenvalue weighted by Gasteiger charge is -2.23. The average molecular weight is 211 g/mol. The molecule has 0 aromatic rings. The highest BCUT2D eigenvalue weighted by Gasteiger charge is 2.52. The highest BCUT2D eigenvalue weighted by molar-refractivity contribution is 5.26. The van der Waals surface area contributed by atoms with Crippen LogP contribution < -0.4 is 0 Å². The summed E-state index contributed by atoms with van der Waals surface area (Å²) in [6.07, 6.45) is 5.61. The van der Waals surface area contributed by atoms with Gasteiger partial charge < -0.3 is 14.6 Å². The summed E-state index contributed by atoms with van der Waals surface area (Å²) in [5.74, 6) is 0. The molecule has 3 rings (SSSR count). The Morgan fingerprint density at radius 3 is 2.73 bits per heavy atom. The Kier molecular flexibility index (Phi) is 2.52. The summed E-state index contributed by atoms with van der Waals surface area (Å²) in [5.41, 5.74) is 0. The summed E-state index contributed by atoms with van der Waals surface area (Å²) in [5, 5.41) is 9.56. The van der Waals surface area contributed by atoms with Crippen LogP contribution in [0, 0.1) is 0 Å². The van der Waals surface area contributed by atoms with E-state index in [0.717, 1.165) is 32.6 Å². The fraction of sp³-hybridized carbons (Fsp3) is 0.818. The average Bonchev–Trinajstić information content (AvgIpc) is 2.85. The smallest absolute Gasteiger partial charge is 0.158 e. The van der Waals surface area contributed by atoms with Gasteiger partial charge in [-0.3, -0.25) is 4.90 Å². The van der Waals surface area contributed by atoms with E-state index in [0.29, 0.717) is 12.1 Å². The van der Waals surface area contributed by atoms with Crippen LogP contribution in [0.3, 0.4) is 0 Å². The first-order valence-corrected chi connectivity index (χ1v) is 5.71. The van der Waals surface area contributed by atoms with Crippen LogP contribution in [0.5, 0.6) is 0 Å². The maximum Gasteiger partial charge on any atom is 0.158 e. The van der Waals surface area contributed by atoms with Crippen LogP contribution in [0.4, 0.5) is 0 Å². The van der Waals surface area contributed by atoms with Crippen molar-refractivity contribution in [3.8, 4) is 0 Å². The molecule has 84 valence electrons. The Balaban J connectivity index is 1.42. The molecule has 3 aliphatic rings. The number of fused-ring (bicyclic) bond motifs is 1. The summed E-state index contributed by atoms with van der Waals surface area (Å²) < 4.78 is 11.0. The van der Waals surface area contributed by atoms with Crippen molar-refractivity contribution in [2.75, 3.05) is 19.8 Å². The molecule has 4 atom stereocenters. The molecule has 2 heterocycles. The minimum Gasteiger partial charge on any atom is -0.387 e. The fourth-order valence-electron chi connectivity index (χ4n) is 2.54. The van der Waals surface area contributed by atoms with E-state index in [1.165, 1.54) is 0 Å². The molecular formula is C11H17NO3. The second kappa shape index (κ2) is 3.87. The van der Waals surface area contributed by atoms with E-state index in [1.54, 1.807) is 0 Å². The van der Waals surface area contributed by atoms with Crippen LogP contribution in [0.25, 0.3) is 0 Å². The molecule has 0 saturated carbocycles. The molecule has 15 heavy (non-hydrogen) atoms. The summed E-state index contributed by atoms with van der Waals surface area (Å²) in [4.78, 5) is 2.30. The van der Waals surface area contributed by atoms with Crippen molar-refractivity contribution in [3.05, 3.63) is 12.2 Å². The predicted octanol–water partition coefficient (Wildman–Crippen LogP) is 0.123. The van der Waals surface area contributed by atoms with E-state index in [2.05, 4.69) is 11.0 Å². The molecular weight excluding hydrogens is 194 g/mol. The van der Waals surface area contributed by atoms with Gasteiger partial charge in [0.25, 0.3) is 0 Å². The van der Waals surface area contributed by atoms with Crippen molar-refractivity contribution in [3.63, 3.8) is 0 Å². The van der Waals surface area contributed by atoms with Crippen LogP contribution in [-0.4, -0.2) is 54.2 Å². The lowest BCUT2D eigenvalue weighted by Crippen LogP contribution is -2.28. The van der Waals surface area contributed by atoms with Gasteiger partial charge in [-0.05, 0) is 6.42 Å². The van der Waals surface area contributed by atoms with Crippen LogP contribution in [0.15, 0.2) is 12.2 Å². The topological polar surface area (TPSA) is 41.7 Å². The van der Waals surface area contributed by atoms with Crippen molar-refractivity contribution in [2.24, 2.45) is 0 Å². The summed E-state index contributed by atoms with van der Waals surface area (Å²) in [6.45, 7) is 2.60. The van der Waals surface area contributed by atoms with Gasteiger partial charge in [0.15, 0.2) is 6.29 Å². The van der Waals surface area contributed by atoms with E-state index in [-0.39, 0.29) is 12.4 Å². The van der Waals surface area contributed by atoms with Crippen LogP contribution in [0.1, 0.15) is 12.8 Å². The second-order valence-electron chi connectivity index (χ2n) is 4.41. The van der Waals surface area contributed by atoms with Crippen molar-refractivity contribution in [1.82, 2.24) is 4.90 Å². The summed E-state index contributed by atoms with van der Waals surface area (Å²) in [6, 6.07) is 0.817. The van der Waals surface area contributed by atoms with Gasteiger partial charge in [0.2, 0.25) is 0 Å². The number of aliphatic hydroxyl groups excluding tert-OH is 1. The molecule has 2 saturated heterocycles. The highest BCUT2D eigenvalue weighted by Crippen LogP contribution is 2.37. The molecule has 2 fully saturated rings. The summed E-state index contributed by atoms with van der Waals surface area (Å²) >= 11 is 0. The Bertz CT molecular complexity index is 263. The van der Waals surface area contributed by atoms with Gasteiger partial charge in [0, 0.05) is 19.0 Å². The van der Waals surface area contributed by atoms with E-state index in [9.17, 15) is 5.11 Å². The number of ether oxygens (including phenoxy) is 2. The van der Waals surface area contributed by atoms with Gasteiger partial charge in [-0.25, -0.2) is 0 Å². The van der Waals surface area contributed by atoms with E-state index in [4.69, 9.17) is 9.47 Å². The van der Waals surface area contributed by atoms with Crippen LogP contribution >= 0.6 is 0 Å². The molecule has 1 unspecified atom stereocenters. The maximum absolute atomic E-state index is 9.56. The molecule has 0 bridgehead atoms. The molecule has 4 heteroatoms. The van der Waals surface area contributed by atoms with Crippen molar-refractivity contribution >= 4 is 0 Å². The highest BCUT2D eigenvalue weighted by atomic mass is 16.7. The number of rotatable bonds is 3. The standard InChI is InChI=1S/C11H17NO3/c13-9-3-2-8-11(9)12(8)5-4-10-14-6-1-7-15-10/h2-3,8-11,13H,1,4-7H2/t8-,9-,11-,12?/m0/s1. The monoisotopic (exact) mass is 211 g/mol. The van der Waals surface area contributed by atoms with Gasteiger partial charge in [0.05, 0.1) is 25.4 Å². The lowest BCUT2D eigenvalue weighted by atomic mass is 10.3. The van der Waals surface area contributed by atoms with E-state index in [1.807, 2.05) is 6.08 Å². The molecule has 2 aliphatic heterocycles. The number of nitrogens with zero attached hydrogens (tertiary/aromatic N) is 1. The third-order valence-corrected chi connectivity index (χ3v) is 3.40. The first-order valence-electron chi connectivity index (χ1n) is 5.71. The van der Waals surface area contributed by atoms with Gasteiger partial charge in [-0.1, -0.05) is 12.2 Å². The quantitative estimate of drug-likeness (QED) is 0.532. The lowest BCUT2D eigenvalue weighted by molar-refractivity contribution is -0.181. The number of hydrogen-bond acceptors (Lipinski definition) is 4. The minimum absolute atomic E-state index is 0.0267. The third kappa shape index (κ3) is 1.83. The van der Waals surface area contributed by atoms with Crippen molar-refractivity contribution < 1.29 is 14.6 Å². The van der Waals surface area contributed by atoms with Gasteiger partial charge in [-0.15, -0.1) is 0 Å². The largest absolute Gasteiger partial charge is 0.387 e. The van der Waals surface area contributed by atoms with Crippen LogP contribution in [-0.2, 0) is 9.47 Å². The molecule has 1 aliphatic carbocycles. The minimum atomic E-state index is -0.261. The molecule has 0 radical (unpaired) electrons. The molecule has 1 N–H and O–H groups in total. The second-order valence-corrected chi connectivity index (χ2v) is 4.41. The first-order chi connectivity index (χ1) is 7.36. The normalized spacial score (nSPS) is 44.3. The Morgan fingerprint density at radius 2 is 2.07 bits per heavy atom. The molecule has 4 nitrogen and oxygen atoms in total. The SMILES string of the molecule is O[C@H]1C=C[C@H]2[C@@H]1N2CCC1OCCCO1. The zero-order chi connectivity index (χ0) is 10.3. The maximum atomic E-state index is 9.56. The molecule has 0 spiro atoms. The van der Waals surface area contributed by atoms with Crippen LogP contribution in [0.2, 0.25) is 0 Å². The Morgan fingerprint density at radius 1 is 1.27 bits per heavy atom. The molecule has 0 aromatic carbocycles. The number of aliphatic hydroxyl groups is 1. The third-order valence-electron chi connectivity index (χ3n) is 3.40. The van der Waals surface area contributed by atoms with Crippen molar-refractivity contribution in [2.45, 2.75) is 37.3 Å². The fourth-order valence-corrected chi connectivity index (χ4v) is 2.54. The predicted molar refractivity (Wildman–Crippen MR) is 54.4 cm³/mol. The van der Waals surface area contributed by atoms with E-state index < -0.39 is 0 Å². The summed E-state index contributed by atoms with van der Waals surface area (Å²) in [7, 11) is 0. The van der Waals surface area contributed by atoms with Gasteiger partial charge >= 0.3 is 0 Å². The zero-order valence-corrected chi connectivity index (χ0v) is 8.71. The van der Waals surface area contributed by atoms with Crippen molar-refractivity contribution in [1.29, 1.82) is 0 Å². The molecule has 0 amide bonds. The Hall–Kier alpha value is -0.420. The zero-order valence-electron chi connectivity index (χ0n) is 8.71. The number of hydrogen-bond donors (Lipinski definition) is 1. The van der Waals surface area contributed by atoms with Gasteiger partial charge in [-0.2, -0.15) is 0 Å².